The number of likely N-dealkylation sites (N-methyl/N-ethyl adjacent to an activating group) is 1. The number of carbonyl (C=O) groups is 1. The zero-order valence-corrected chi connectivity index (χ0v) is 24.1. The van der Waals surface area contributed by atoms with Crippen LogP contribution < -0.4 is 10.2 Å². The summed E-state index contributed by atoms with van der Waals surface area (Å²) in [6.07, 6.45) is 9.92. The van der Waals surface area contributed by atoms with Gasteiger partial charge in [0, 0.05) is 30.6 Å². The third-order valence-corrected chi connectivity index (χ3v) is 8.96. The van der Waals surface area contributed by atoms with Crippen LogP contribution in [0.25, 0.3) is 21.6 Å². The first-order valence-electron chi connectivity index (χ1n) is 14.5. The molecule has 5 rings (SSSR count). The molecule has 39 heavy (non-hydrogen) atoms. The second kappa shape index (κ2) is 13.1. The van der Waals surface area contributed by atoms with E-state index in [-0.39, 0.29) is 11.9 Å². The maximum absolute atomic E-state index is 12.6. The molecule has 4 heteroatoms. The summed E-state index contributed by atoms with van der Waals surface area (Å²) in [5.74, 6) is 0.0732. The summed E-state index contributed by atoms with van der Waals surface area (Å²) in [6, 6.07) is 28.3. The van der Waals surface area contributed by atoms with Crippen LogP contribution >= 0.6 is 11.3 Å². The second-order valence-electron chi connectivity index (χ2n) is 10.7. The molecule has 0 spiro atoms. The second-order valence-corrected chi connectivity index (χ2v) is 11.6. The highest BCUT2D eigenvalue weighted by atomic mass is 32.1. The Balaban J connectivity index is 1.28. The van der Waals surface area contributed by atoms with Gasteiger partial charge in [0.1, 0.15) is 6.04 Å². The lowest BCUT2D eigenvalue weighted by atomic mass is 9.98. The summed E-state index contributed by atoms with van der Waals surface area (Å²) in [6.45, 7) is 2.99. The van der Waals surface area contributed by atoms with Crippen molar-refractivity contribution in [1.29, 1.82) is 0 Å². The van der Waals surface area contributed by atoms with Gasteiger partial charge in [-0.2, -0.15) is 0 Å². The van der Waals surface area contributed by atoms with Gasteiger partial charge < -0.3 is 10.2 Å². The Hall–Kier alpha value is -3.37. The van der Waals surface area contributed by atoms with E-state index < -0.39 is 0 Å². The van der Waals surface area contributed by atoms with Crippen molar-refractivity contribution in [3.05, 3.63) is 101 Å². The molecule has 4 aromatic rings. The lowest BCUT2D eigenvalue weighted by Gasteiger charge is -2.26. The first kappa shape index (κ1) is 27.2. The van der Waals surface area contributed by atoms with E-state index in [4.69, 9.17) is 0 Å². The number of benzene rings is 3. The minimum absolute atomic E-state index is 0.0732. The molecule has 1 unspecified atom stereocenters. The smallest absolute Gasteiger partial charge is 0.242 e. The topological polar surface area (TPSA) is 32.3 Å². The molecule has 0 radical (unpaired) electrons. The number of aryl methyl sites for hydroxylation is 1. The van der Waals surface area contributed by atoms with Crippen molar-refractivity contribution in [3.8, 4) is 21.6 Å². The number of nitrogens with one attached hydrogen (secondary N) is 1. The number of para-hydroxylation sites is 1. The molecule has 1 atom stereocenters. The van der Waals surface area contributed by atoms with E-state index in [1.165, 1.54) is 83.2 Å². The van der Waals surface area contributed by atoms with Crippen LogP contribution in [-0.4, -0.2) is 19.0 Å². The van der Waals surface area contributed by atoms with Gasteiger partial charge >= 0.3 is 0 Å². The minimum atomic E-state index is -0.167. The average molecular weight is 537 g/mol. The molecule has 0 bridgehead atoms. The third-order valence-electron chi connectivity index (χ3n) is 7.95. The summed E-state index contributed by atoms with van der Waals surface area (Å²) >= 11 is 1.86. The summed E-state index contributed by atoms with van der Waals surface area (Å²) < 4.78 is 0. The van der Waals surface area contributed by atoms with Gasteiger partial charge in [0.25, 0.3) is 0 Å². The van der Waals surface area contributed by atoms with Gasteiger partial charge in [-0.25, -0.2) is 0 Å². The van der Waals surface area contributed by atoms with Crippen LogP contribution in [0, 0.1) is 0 Å². The first-order chi connectivity index (χ1) is 19.2. The molecule has 0 fully saturated rings. The summed E-state index contributed by atoms with van der Waals surface area (Å²) in [4.78, 5) is 16.3. The Bertz CT molecular complexity index is 1370. The number of carbonyl (C=O) groups excluding carboxylic acids is 1. The van der Waals surface area contributed by atoms with Gasteiger partial charge in [0.05, 0.1) is 0 Å². The van der Waals surface area contributed by atoms with Gasteiger partial charge in [-0.15, -0.1) is 11.3 Å². The first-order valence-corrected chi connectivity index (χ1v) is 15.4. The van der Waals surface area contributed by atoms with Crippen LogP contribution in [0.1, 0.15) is 62.1 Å². The Morgan fingerprint density at radius 2 is 1.64 bits per heavy atom. The normalized spacial score (nSPS) is 14.4. The van der Waals surface area contributed by atoms with Crippen molar-refractivity contribution in [2.75, 3.05) is 11.9 Å². The van der Waals surface area contributed by atoms with E-state index in [0.717, 1.165) is 12.1 Å². The highest BCUT2D eigenvalue weighted by Crippen LogP contribution is 2.35. The molecular weight excluding hydrogens is 496 g/mol. The van der Waals surface area contributed by atoms with Gasteiger partial charge in [-0.05, 0) is 69.8 Å². The lowest BCUT2D eigenvalue weighted by molar-refractivity contribution is -0.121. The van der Waals surface area contributed by atoms with E-state index >= 15 is 0 Å². The van der Waals surface area contributed by atoms with E-state index in [1.54, 1.807) is 7.05 Å². The van der Waals surface area contributed by atoms with Crippen molar-refractivity contribution >= 4 is 22.9 Å². The zero-order chi connectivity index (χ0) is 27.0. The van der Waals surface area contributed by atoms with Crippen molar-refractivity contribution < 1.29 is 4.79 Å². The molecule has 1 aliphatic heterocycles. The number of thiophene rings is 1. The van der Waals surface area contributed by atoms with Crippen molar-refractivity contribution in [1.82, 2.24) is 5.32 Å². The largest absolute Gasteiger partial charge is 0.357 e. The predicted molar refractivity (Wildman–Crippen MR) is 166 cm³/mol. The van der Waals surface area contributed by atoms with Crippen LogP contribution in [-0.2, 0) is 24.2 Å². The quantitative estimate of drug-likeness (QED) is 0.184. The highest BCUT2D eigenvalue weighted by molar-refractivity contribution is 7.13. The zero-order valence-electron chi connectivity index (χ0n) is 23.3. The molecule has 1 aliphatic rings. The fourth-order valence-electron chi connectivity index (χ4n) is 5.77. The molecule has 3 nitrogen and oxygen atoms in total. The Kier molecular flexibility index (Phi) is 9.15. The number of anilines is 1. The summed E-state index contributed by atoms with van der Waals surface area (Å²) in [5, 5.41) is 5.09. The monoisotopic (exact) mass is 536 g/mol. The lowest BCUT2D eigenvalue weighted by Crippen LogP contribution is -2.43. The molecule has 3 aromatic carbocycles. The van der Waals surface area contributed by atoms with E-state index in [0.29, 0.717) is 6.54 Å². The van der Waals surface area contributed by atoms with E-state index in [2.05, 4.69) is 101 Å². The number of nitrogens with zero attached hydrogens (tertiary/aromatic N) is 1. The van der Waals surface area contributed by atoms with E-state index in [9.17, 15) is 4.79 Å². The van der Waals surface area contributed by atoms with Gasteiger partial charge in [-0.1, -0.05) is 99.7 Å². The number of hydrogen-bond donors (Lipinski definition) is 1. The molecule has 1 aromatic heterocycles. The fraction of sp³-hybridized carbons (Fsp3) is 0.343. The standard InChI is InChI=1S/C35H40N2OS/c1-3-4-5-6-7-8-12-28-21-22-39-34(28)31-15-11-14-29(23-31)27-19-17-26(18-20-27)25-37-32-16-10-9-13-30(32)24-33(37)35(38)36-2/h9-11,13-23,33H,3-8,12,24-25H2,1-2H3,(H,36,38). The summed E-state index contributed by atoms with van der Waals surface area (Å²) in [5.41, 5.74) is 8.88. The molecule has 2 heterocycles. The van der Waals surface area contributed by atoms with Crippen LogP contribution in [0.15, 0.2) is 84.2 Å². The Morgan fingerprint density at radius 3 is 2.46 bits per heavy atom. The molecule has 0 saturated carbocycles. The van der Waals surface area contributed by atoms with Gasteiger partial charge in [0.2, 0.25) is 5.91 Å². The van der Waals surface area contributed by atoms with Crippen LogP contribution in [0.3, 0.4) is 0 Å². The molecule has 0 aliphatic carbocycles. The van der Waals surface area contributed by atoms with Crippen LogP contribution in [0.2, 0.25) is 0 Å². The van der Waals surface area contributed by atoms with Crippen LogP contribution in [0.4, 0.5) is 5.69 Å². The number of amides is 1. The Morgan fingerprint density at radius 1 is 0.872 bits per heavy atom. The minimum Gasteiger partial charge on any atom is -0.357 e. The van der Waals surface area contributed by atoms with Gasteiger partial charge in [0.15, 0.2) is 0 Å². The fourth-order valence-corrected chi connectivity index (χ4v) is 6.72. The number of unbranched alkanes of at least 4 members (excludes halogenated alkanes) is 5. The maximum atomic E-state index is 12.6. The number of rotatable bonds is 12. The molecule has 1 amide bonds. The third kappa shape index (κ3) is 6.45. The Labute approximate surface area is 237 Å². The molecule has 0 saturated heterocycles. The van der Waals surface area contributed by atoms with Crippen molar-refractivity contribution in [3.63, 3.8) is 0 Å². The highest BCUT2D eigenvalue weighted by Gasteiger charge is 2.33. The average Bonchev–Trinajstić information content (AvgIpc) is 3.60. The van der Waals surface area contributed by atoms with Crippen molar-refractivity contribution in [2.45, 2.75) is 70.9 Å². The summed E-state index contributed by atoms with van der Waals surface area (Å²) in [7, 11) is 1.72. The predicted octanol–water partition coefficient (Wildman–Crippen LogP) is 8.66. The van der Waals surface area contributed by atoms with E-state index in [1.807, 2.05) is 11.3 Å². The van der Waals surface area contributed by atoms with Gasteiger partial charge in [-0.3, -0.25) is 4.79 Å². The SMILES string of the molecule is CCCCCCCCc1ccsc1-c1cccc(-c2ccc(CN3c4ccccc4CC3C(=O)NC)cc2)c1. The number of fused-ring (bicyclic) bond motifs is 1. The molecular formula is C35H40N2OS. The molecule has 1 N–H and O–H groups in total. The maximum Gasteiger partial charge on any atom is 0.242 e. The number of hydrogen-bond acceptors (Lipinski definition) is 3. The molecule has 202 valence electrons. The van der Waals surface area contributed by atoms with Crippen molar-refractivity contribution in [2.24, 2.45) is 0 Å². The van der Waals surface area contributed by atoms with Crippen LogP contribution in [0.5, 0.6) is 0 Å².